The molecule has 1 saturated heterocycles. The van der Waals surface area contributed by atoms with Gasteiger partial charge in [0.15, 0.2) is 0 Å². The van der Waals surface area contributed by atoms with E-state index in [0.717, 1.165) is 13.1 Å². The van der Waals surface area contributed by atoms with Crippen molar-refractivity contribution in [1.82, 2.24) is 4.90 Å². The molecule has 0 radical (unpaired) electrons. The highest BCUT2D eigenvalue weighted by Crippen LogP contribution is 2.23. The molecule has 1 aliphatic heterocycles. The standard InChI is InChI=1S/C11H21NO4/c1-3-16-7-10(13)6-12-4-9(5-12)8(2)11(14)15/h8-10,13H,3-7H2,1-2H3,(H,14,15). The molecule has 0 amide bonds. The molecule has 2 N–H and O–H groups in total. The lowest BCUT2D eigenvalue weighted by Gasteiger charge is -2.42. The first-order chi connectivity index (χ1) is 7.54. The molecule has 0 aliphatic carbocycles. The van der Waals surface area contributed by atoms with Gasteiger partial charge in [-0.3, -0.25) is 9.69 Å². The predicted molar refractivity (Wildman–Crippen MR) is 59.2 cm³/mol. The number of hydrogen-bond donors (Lipinski definition) is 2. The number of hydrogen-bond acceptors (Lipinski definition) is 4. The van der Waals surface area contributed by atoms with Crippen LogP contribution in [0.3, 0.4) is 0 Å². The van der Waals surface area contributed by atoms with E-state index in [2.05, 4.69) is 4.90 Å². The van der Waals surface area contributed by atoms with Crippen molar-refractivity contribution in [3.05, 3.63) is 0 Å². The number of likely N-dealkylation sites (tertiary alicyclic amines) is 1. The van der Waals surface area contributed by atoms with Crippen LogP contribution >= 0.6 is 0 Å². The number of aliphatic hydroxyl groups excluding tert-OH is 1. The minimum absolute atomic E-state index is 0.219. The maximum absolute atomic E-state index is 10.7. The summed E-state index contributed by atoms with van der Waals surface area (Å²) in [6.07, 6.45) is -0.471. The number of aliphatic carboxylic acids is 1. The number of ether oxygens (including phenoxy) is 1. The van der Waals surface area contributed by atoms with Crippen LogP contribution in [-0.4, -0.2) is 60.0 Å². The molecule has 1 aliphatic rings. The van der Waals surface area contributed by atoms with E-state index in [0.29, 0.717) is 19.8 Å². The number of nitrogens with zero attached hydrogens (tertiary/aromatic N) is 1. The van der Waals surface area contributed by atoms with Crippen molar-refractivity contribution in [2.45, 2.75) is 20.0 Å². The summed E-state index contributed by atoms with van der Waals surface area (Å²) in [5.74, 6) is -0.809. The number of aliphatic hydroxyl groups is 1. The van der Waals surface area contributed by atoms with Crippen molar-refractivity contribution < 1.29 is 19.7 Å². The van der Waals surface area contributed by atoms with Gasteiger partial charge in [0, 0.05) is 26.2 Å². The van der Waals surface area contributed by atoms with Gasteiger partial charge >= 0.3 is 5.97 Å². The summed E-state index contributed by atoms with van der Waals surface area (Å²) >= 11 is 0. The van der Waals surface area contributed by atoms with Gasteiger partial charge in [-0.25, -0.2) is 0 Å². The van der Waals surface area contributed by atoms with Crippen molar-refractivity contribution in [3.63, 3.8) is 0 Å². The Bertz CT molecular complexity index is 228. The van der Waals surface area contributed by atoms with Crippen molar-refractivity contribution >= 4 is 5.97 Å². The summed E-state index contributed by atoms with van der Waals surface area (Å²) in [6, 6.07) is 0. The van der Waals surface area contributed by atoms with Gasteiger partial charge in [0.1, 0.15) is 0 Å². The smallest absolute Gasteiger partial charge is 0.306 e. The van der Waals surface area contributed by atoms with Gasteiger partial charge in [-0.1, -0.05) is 6.92 Å². The largest absolute Gasteiger partial charge is 0.481 e. The third-order valence-corrected chi connectivity index (χ3v) is 3.07. The normalized spacial score (nSPS) is 21.4. The molecule has 0 bridgehead atoms. The molecule has 0 aromatic heterocycles. The van der Waals surface area contributed by atoms with E-state index in [4.69, 9.17) is 9.84 Å². The van der Waals surface area contributed by atoms with Gasteiger partial charge < -0.3 is 14.9 Å². The van der Waals surface area contributed by atoms with Crippen LogP contribution in [0.5, 0.6) is 0 Å². The van der Waals surface area contributed by atoms with Crippen LogP contribution in [-0.2, 0) is 9.53 Å². The first-order valence-corrected chi connectivity index (χ1v) is 5.75. The lowest BCUT2D eigenvalue weighted by atomic mass is 9.87. The van der Waals surface area contributed by atoms with Crippen LogP contribution in [0.1, 0.15) is 13.8 Å². The van der Waals surface area contributed by atoms with E-state index in [9.17, 15) is 9.90 Å². The van der Waals surface area contributed by atoms with Crippen molar-refractivity contribution in [2.24, 2.45) is 11.8 Å². The maximum Gasteiger partial charge on any atom is 0.306 e. The van der Waals surface area contributed by atoms with Crippen LogP contribution in [0, 0.1) is 11.8 Å². The Morgan fingerprint density at radius 3 is 2.69 bits per heavy atom. The van der Waals surface area contributed by atoms with Gasteiger partial charge in [-0.05, 0) is 12.8 Å². The predicted octanol–water partition coefficient (Wildman–Crippen LogP) is 0.0363. The molecule has 5 nitrogen and oxygen atoms in total. The van der Waals surface area contributed by atoms with E-state index in [1.807, 2.05) is 6.92 Å². The van der Waals surface area contributed by atoms with Crippen LogP contribution in [0.2, 0.25) is 0 Å². The average Bonchev–Trinajstić information content (AvgIpc) is 2.18. The van der Waals surface area contributed by atoms with Crippen molar-refractivity contribution in [3.8, 4) is 0 Å². The van der Waals surface area contributed by atoms with Gasteiger partial charge in [0.2, 0.25) is 0 Å². The number of β-amino-alcohol motifs (C(OH)–C–C–N with tert-alkyl or cyclic N) is 1. The molecule has 16 heavy (non-hydrogen) atoms. The van der Waals surface area contributed by atoms with Crippen LogP contribution in [0.4, 0.5) is 0 Å². The molecule has 2 atom stereocenters. The molecular formula is C11H21NO4. The zero-order valence-electron chi connectivity index (χ0n) is 9.93. The second-order valence-electron chi connectivity index (χ2n) is 4.42. The van der Waals surface area contributed by atoms with Crippen LogP contribution in [0.15, 0.2) is 0 Å². The molecule has 1 rings (SSSR count). The SMILES string of the molecule is CCOCC(O)CN1CC(C(C)C(=O)O)C1. The Hall–Kier alpha value is -0.650. The zero-order chi connectivity index (χ0) is 12.1. The number of carboxylic acids is 1. The summed E-state index contributed by atoms with van der Waals surface area (Å²) in [5.41, 5.74) is 0. The van der Waals surface area contributed by atoms with Gasteiger partial charge in [-0.2, -0.15) is 0 Å². The zero-order valence-corrected chi connectivity index (χ0v) is 9.93. The highest BCUT2D eigenvalue weighted by atomic mass is 16.5. The summed E-state index contributed by atoms with van der Waals surface area (Å²) in [4.78, 5) is 12.8. The maximum atomic E-state index is 10.7. The van der Waals surface area contributed by atoms with E-state index in [1.165, 1.54) is 0 Å². The summed E-state index contributed by atoms with van der Waals surface area (Å²) in [7, 11) is 0. The van der Waals surface area contributed by atoms with E-state index in [1.54, 1.807) is 6.92 Å². The second kappa shape index (κ2) is 6.18. The van der Waals surface area contributed by atoms with E-state index < -0.39 is 12.1 Å². The first-order valence-electron chi connectivity index (χ1n) is 5.75. The summed E-state index contributed by atoms with van der Waals surface area (Å²) < 4.78 is 5.11. The monoisotopic (exact) mass is 231 g/mol. The quantitative estimate of drug-likeness (QED) is 0.647. The molecular weight excluding hydrogens is 210 g/mol. The van der Waals surface area contributed by atoms with Gasteiger partial charge in [0.25, 0.3) is 0 Å². The highest BCUT2D eigenvalue weighted by Gasteiger charge is 2.35. The third-order valence-electron chi connectivity index (χ3n) is 3.07. The molecule has 0 saturated carbocycles. The molecule has 0 aromatic rings. The molecule has 0 spiro atoms. The van der Waals surface area contributed by atoms with Crippen molar-refractivity contribution in [1.29, 1.82) is 0 Å². The number of carboxylic acid groups (broad SMARTS) is 1. The van der Waals surface area contributed by atoms with Crippen LogP contribution < -0.4 is 0 Å². The molecule has 2 unspecified atom stereocenters. The molecule has 94 valence electrons. The van der Waals surface area contributed by atoms with Crippen LogP contribution in [0.25, 0.3) is 0 Å². The second-order valence-corrected chi connectivity index (χ2v) is 4.42. The Morgan fingerprint density at radius 1 is 1.56 bits per heavy atom. The Balaban J connectivity index is 2.14. The van der Waals surface area contributed by atoms with Crippen molar-refractivity contribution in [2.75, 3.05) is 32.8 Å². The lowest BCUT2D eigenvalue weighted by Crippen LogP contribution is -2.53. The average molecular weight is 231 g/mol. The molecule has 1 heterocycles. The Morgan fingerprint density at radius 2 is 2.19 bits per heavy atom. The lowest BCUT2D eigenvalue weighted by molar-refractivity contribution is -0.145. The minimum atomic E-state index is -0.737. The summed E-state index contributed by atoms with van der Waals surface area (Å²) in [6.45, 7) is 6.68. The summed E-state index contributed by atoms with van der Waals surface area (Å²) in [5, 5.41) is 18.4. The third kappa shape index (κ3) is 3.73. The fraction of sp³-hybridized carbons (Fsp3) is 0.909. The van der Waals surface area contributed by atoms with E-state index >= 15 is 0 Å². The number of rotatable bonds is 7. The Labute approximate surface area is 96.0 Å². The Kier molecular flexibility index (Phi) is 5.18. The fourth-order valence-electron chi connectivity index (χ4n) is 1.88. The minimum Gasteiger partial charge on any atom is -0.481 e. The van der Waals surface area contributed by atoms with Gasteiger partial charge in [-0.15, -0.1) is 0 Å². The fourth-order valence-corrected chi connectivity index (χ4v) is 1.88. The van der Waals surface area contributed by atoms with Gasteiger partial charge in [0.05, 0.1) is 18.6 Å². The molecule has 5 heteroatoms. The van der Waals surface area contributed by atoms with E-state index in [-0.39, 0.29) is 11.8 Å². The molecule has 1 fully saturated rings. The highest BCUT2D eigenvalue weighted by molar-refractivity contribution is 5.70. The molecule has 0 aromatic carbocycles. The number of carbonyl (C=O) groups is 1. The topological polar surface area (TPSA) is 70.0 Å². The first kappa shape index (κ1) is 13.4.